The van der Waals surface area contributed by atoms with Gasteiger partial charge in [-0.05, 0) is 25.9 Å². The van der Waals surface area contributed by atoms with Crippen LogP contribution in [0.5, 0.6) is 0 Å². The zero-order valence-electron chi connectivity index (χ0n) is 12.6. The highest BCUT2D eigenvalue weighted by atomic mass is 16.2. The summed E-state index contributed by atoms with van der Waals surface area (Å²) in [6.45, 7) is 4.91. The molecular formula is C15H25N5O. The van der Waals surface area contributed by atoms with Crippen LogP contribution in [0.15, 0.2) is 12.2 Å². The van der Waals surface area contributed by atoms with Gasteiger partial charge in [0.25, 0.3) is 0 Å². The Morgan fingerprint density at radius 2 is 2.00 bits per heavy atom. The first-order valence-corrected chi connectivity index (χ1v) is 7.77. The summed E-state index contributed by atoms with van der Waals surface area (Å²) >= 11 is 0. The van der Waals surface area contributed by atoms with E-state index >= 15 is 0 Å². The first-order chi connectivity index (χ1) is 10.2. The lowest BCUT2D eigenvalue weighted by atomic mass is 10.1. The van der Waals surface area contributed by atoms with Crippen molar-refractivity contribution in [3.63, 3.8) is 0 Å². The summed E-state index contributed by atoms with van der Waals surface area (Å²) in [5, 5.41) is 10.6. The number of nitriles is 1. The van der Waals surface area contributed by atoms with Crippen LogP contribution in [0.4, 0.5) is 0 Å². The maximum Gasteiger partial charge on any atom is 0.246 e. The van der Waals surface area contributed by atoms with E-state index in [-0.39, 0.29) is 11.9 Å². The van der Waals surface area contributed by atoms with E-state index in [4.69, 9.17) is 11.1 Å². The number of carbonyl (C=O) groups is 1. The molecule has 1 atom stereocenters. The highest BCUT2D eigenvalue weighted by molar-refractivity contribution is 5.88. The van der Waals surface area contributed by atoms with Gasteiger partial charge >= 0.3 is 0 Å². The number of nitrogens with zero attached hydrogens (tertiary/aromatic N) is 4. The fourth-order valence-electron chi connectivity index (χ4n) is 2.99. The number of rotatable bonds is 4. The number of nitrogens with two attached hydrogens (primary N) is 1. The number of carbonyl (C=O) groups excluding carboxylic acids is 1. The molecule has 0 spiro atoms. The molecule has 0 saturated carbocycles. The van der Waals surface area contributed by atoms with Gasteiger partial charge in [0.1, 0.15) is 0 Å². The third-order valence-electron chi connectivity index (χ3n) is 4.20. The summed E-state index contributed by atoms with van der Waals surface area (Å²) in [4.78, 5) is 16.4. The van der Waals surface area contributed by atoms with Crippen molar-refractivity contribution in [1.82, 2.24) is 14.8 Å². The molecule has 0 unspecified atom stereocenters. The molecule has 0 bridgehead atoms. The Morgan fingerprint density at radius 3 is 2.71 bits per heavy atom. The van der Waals surface area contributed by atoms with Crippen LogP contribution in [0.1, 0.15) is 25.7 Å². The summed E-state index contributed by atoms with van der Waals surface area (Å²) in [5.41, 5.74) is 0. The van der Waals surface area contributed by atoms with E-state index in [9.17, 15) is 4.79 Å². The van der Waals surface area contributed by atoms with Gasteiger partial charge in [-0.25, -0.2) is 5.01 Å². The molecule has 0 aromatic carbocycles. The summed E-state index contributed by atoms with van der Waals surface area (Å²) in [5.74, 6) is 5.78. The summed E-state index contributed by atoms with van der Waals surface area (Å²) in [7, 11) is 0. The summed E-state index contributed by atoms with van der Waals surface area (Å²) in [6.07, 6.45) is 7.77. The zero-order chi connectivity index (χ0) is 15.1. The van der Waals surface area contributed by atoms with E-state index in [0.29, 0.717) is 26.1 Å². The van der Waals surface area contributed by atoms with Crippen LogP contribution in [0, 0.1) is 11.3 Å². The van der Waals surface area contributed by atoms with E-state index in [1.165, 1.54) is 19.3 Å². The van der Waals surface area contributed by atoms with Crippen LogP contribution in [0.25, 0.3) is 0 Å². The molecule has 2 saturated heterocycles. The van der Waals surface area contributed by atoms with Gasteiger partial charge in [0.2, 0.25) is 5.91 Å². The monoisotopic (exact) mass is 291 g/mol. The molecular weight excluding hydrogens is 266 g/mol. The number of piperidine rings is 1. The highest BCUT2D eigenvalue weighted by Crippen LogP contribution is 2.12. The Labute approximate surface area is 126 Å². The van der Waals surface area contributed by atoms with E-state index in [2.05, 4.69) is 11.0 Å². The summed E-state index contributed by atoms with van der Waals surface area (Å²) < 4.78 is 0. The topological polar surface area (TPSA) is 76.6 Å². The molecule has 1 amide bonds. The Balaban J connectivity index is 1.84. The predicted octanol–water partition coefficient (Wildman–Crippen LogP) is 0.329. The molecule has 2 rings (SSSR count). The molecule has 2 fully saturated rings. The van der Waals surface area contributed by atoms with E-state index < -0.39 is 0 Å². The third-order valence-corrected chi connectivity index (χ3v) is 4.20. The number of likely N-dealkylation sites (tertiary alicyclic amines) is 1. The van der Waals surface area contributed by atoms with Crippen molar-refractivity contribution in [2.45, 2.75) is 31.7 Å². The quantitative estimate of drug-likeness (QED) is 0.596. The zero-order valence-corrected chi connectivity index (χ0v) is 12.6. The smallest absolute Gasteiger partial charge is 0.246 e. The molecule has 6 nitrogen and oxygen atoms in total. The lowest BCUT2D eigenvalue weighted by molar-refractivity contribution is -0.130. The fraction of sp³-hybridized carbons (Fsp3) is 0.733. The number of hydrogen-bond donors (Lipinski definition) is 1. The Morgan fingerprint density at radius 1 is 1.24 bits per heavy atom. The van der Waals surface area contributed by atoms with Gasteiger partial charge in [-0.3, -0.25) is 15.5 Å². The molecule has 2 aliphatic heterocycles. The second-order valence-corrected chi connectivity index (χ2v) is 5.81. The molecule has 0 aromatic rings. The maximum atomic E-state index is 12.3. The normalized spacial score (nSPS) is 25.1. The van der Waals surface area contributed by atoms with Crippen LogP contribution in [0.2, 0.25) is 0 Å². The lowest BCUT2D eigenvalue weighted by Crippen LogP contribution is -2.56. The second-order valence-electron chi connectivity index (χ2n) is 5.81. The predicted molar refractivity (Wildman–Crippen MR) is 80.9 cm³/mol. The Bertz CT molecular complexity index is 411. The van der Waals surface area contributed by atoms with Gasteiger partial charge in [-0.1, -0.05) is 12.5 Å². The van der Waals surface area contributed by atoms with E-state index in [1.54, 1.807) is 16.0 Å². The minimum Gasteiger partial charge on any atom is -0.332 e. The van der Waals surface area contributed by atoms with Crippen molar-refractivity contribution in [2.24, 2.45) is 5.84 Å². The van der Waals surface area contributed by atoms with Gasteiger partial charge in [-0.2, -0.15) is 5.26 Å². The highest BCUT2D eigenvalue weighted by Gasteiger charge is 2.27. The average Bonchev–Trinajstić information content (AvgIpc) is 2.49. The van der Waals surface area contributed by atoms with Crippen LogP contribution in [-0.2, 0) is 4.79 Å². The SMILES string of the molecule is N#CC[C@H]1CN(N)CCN1C(=O)/C=C/CN1CCCCC1. The van der Waals surface area contributed by atoms with Gasteiger partial charge in [-0.15, -0.1) is 0 Å². The minimum atomic E-state index is -0.0964. The van der Waals surface area contributed by atoms with E-state index in [1.807, 2.05) is 6.08 Å². The van der Waals surface area contributed by atoms with Crippen LogP contribution in [0.3, 0.4) is 0 Å². The Hall–Kier alpha value is -1.42. The standard InChI is InChI=1S/C15H25N5O/c16-7-6-14-13-19(17)11-12-20(14)15(21)5-4-10-18-8-2-1-3-9-18/h4-5,14H,1-3,6,8-13,17H2/b5-4+/t14-/m0/s1. The molecule has 21 heavy (non-hydrogen) atoms. The largest absolute Gasteiger partial charge is 0.332 e. The van der Waals surface area contributed by atoms with Gasteiger partial charge < -0.3 is 4.90 Å². The van der Waals surface area contributed by atoms with Crippen LogP contribution >= 0.6 is 0 Å². The second kappa shape index (κ2) is 8.13. The lowest BCUT2D eigenvalue weighted by Gasteiger charge is -2.38. The molecule has 0 aromatic heterocycles. The molecule has 6 heteroatoms. The Kier molecular flexibility index (Phi) is 6.18. The van der Waals surface area contributed by atoms with Gasteiger partial charge in [0, 0.05) is 32.3 Å². The number of hydrogen-bond acceptors (Lipinski definition) is 5. The molecule has 0 radical (unpaired) electrons. The van der Waals surface area contributed by atoms with Crippen LogP contribution < -0.4 is 5.84 Å². The average molecular weight is 291 g/mol. The molecule has 116 valence electrons. The first kappa shape index (κ1) is 16.0. The third kappa shape index (κ3) is 4.81. The molecule has 0 aliphatic carbocycles. The van der Waals surface area contributed by atoms with Crippen molar-refractivity contribution < 1.29 is 4.79 Å². The minimum absolute atomic E-state index is 0.000333. The molecule has 2 aliphatic rings. The fourth-order valence-corrected chi connectivity index (χ4v) is 2.99. The summed E-state index contributed by atoms with van der Waals surface area (Å²) in [6, 6.07) is 2.05. The molecule has 2 N–H and O–H groups in total. The van der Waals surface area contributed by atoms with Crippen LogP contribution in [-0.4, -0.2) is 66.0 Å². The number of amides is 1. The maximum absolute atomic E-state index is 12.3. The molecule has 2 heterocycles. The van der Waals surface area contributed by atoms with Crippen molar-refractivity contribution in [3.8, 4) is 6.07 Å². The van der Waals surface area contributed by atoms with Crippen molar-refractivity contribution in [3.05, 3.63) is 12.2 Å². The van der Waals surface area contributed by atoms with Gasteiger partial charge in [0.05, 0.1) is 18.5 Å². The number of piperazine rings is 1. The number of hydrazine groups is 1. The van der Waals surface area contributed by atoms with Crippen molar-refractivity contribution in [1.29, 1.82) is 5.26 Å². The van der Waals surface area contributed by atoms with E-state index in [0.717, 1.165) is 19.6 Å². The van der Waals surface area contributed by atoms with Crippen molar-refractivity contribution >= 4 is 5.91 Å². The van der Waals surface area contributed by atoms with Crippen molar-refractivity contribution in [2.75, 3.05) is 39.3 Å². The van der Waals surface area contributed by atoms with Gasteiger partial charge in [0.15, 0.2) is 0 Å². The first-order valence-electron chi connectivity index (χ1n) is 7.77.